The van der Waals surface area contributed by atoms with Crippen LogP contribution in [0.15, 0.2) is 43.0 Å². The summed E-state index contributed by atoms with van der Waals surface area (Å²) in [5.74, 6) is 0.374. The van der Waals surface area contributed by atoms with Crippen molar-refractivity contribution < 1.29 is 8.78 Å². The molecule has 0 N–H and O–H groups in total. The first kappa shape index (κ1) is 23.4. The maximum atomic E-state index is 14.7. The molecule has 2 aromatic heterocycles. The van der Waals surface area contributed by atoms with E-state index in [-0.39, 0.29) is 17.4 Å². The topological polar surface area (TPSA) is 54.8 Å². The van der Waals surface area contributed by atoms with Crippen LogP contribution in [0.25, 0.3) is 11.6 Å². The maximum absolute atomic E-state index is 14.7. The van der Waals surface area contributed by atoms with Gasteiger partial charge in [-0.25, -0.2) is 28.7 Å². The first-order valence-corrected chi connectivity index (χ1v) is 11.9. The lowest BCUT2D eigenvalue weighted by molar-refractivity contribution is 0.295. The zero-order valence-electron chi connectivity index (χ0n) is 19.3. The molecule has 1 saturated carbocycles. The zero-order valence-corrected chi connectivity index (χ0v) is 19.3. The minimum Gasteiger partial charge on any atom is -0.304 e. The Morgan fingerprint density at radius 1 is 0.818 bits per heavy atom. The van der Waals surface area contributed by atoms with Crippen LogP contribution in [0.2, 0.25) is 0 Å². The largest absolute Gasteiger partial charge is 0.304 e. The van der Waals surface area contributed by atoms with E-state index < -0.39 is 11.6 Å². The standard InChI is InChI=1S/C26H31F2N5/c1-3-33(4-2)12-7-5-6-9-20-23(27)13-18(14-24(20)28)21-15-22(21)19-16-31-26(32-17-19)25-29-10-8-11-30-25/h8,10-11,13-14,16-17,21-22H,3-7,9,12,15H2,1-2H3. The van der Waals surface area contributed by atoms with Crippen LogP contribution in [0.5, 0.6) is 0 Å². The van der Waals surface area contributed by atoms with Gasteiger partial charge in [-0.15, -0.1) is 0 Å². The average molecular weight is 452 g/mol. The number of aromatic nitrogens is 4. The second-order valence-corrected chi connectivity index (χ2v) is 8.66. The van der Waals surface area contributed by atoms with Crippen molar-refractivity contribution in [1.29, 1.82) is 0 Å². The van der Waals surface area contributed by atoms with Gasteiger partial charge in [0.15, 0.2) is 11.6 Å². The van der Waals surface area contributed by atoms with Crippen molar-refractivity contribution in [1.82, 2.24) is 24.8 Å². The first-order chi connectivity index (χ1) is 16.1. The van der Waals surface area contributed by atoms with E-state index >= 15 is 0 Å². The van der Waals surface area contributed by atoms with Gasteiger partial charge in [0.25, 0.3) is 0 Å². The minimum absolute atomic E-state index is 0.0968. The van der Waals surface area contributed by atoms with Gasteiger partial charge < -0.3 is 4.90 Å². The SMILES string of the molecule is CCN(CC)CCCCCc1c(F)cc(C2CC2c2cnc(-c3ncccn3)nc2)cc1F. The van der Waals surface area contributed by atoms with Gasteiger partial charge in [0, 0.05) is 30.4 Å². The molecule has 2 heterocycles. The Kier molecular flexibility index (Phi) is 7.70. The third-order valence-electron chi connectivity index (χ3n) is 6.54. The van der Waals surface area contributed by atoms with Crippen molar-refractivity contribution in [3.63, 3.8) is 0 Å². The lowest BCUT2D eigenvalue weighted by Gasteiger charge is -2.17. The van der Waals surface area contributed by atoms with Crippen molar-refractivity contribution >= 4 is 0 Å². The molecule has 2 atom stereocenters. The predicted molar refractivity (Wildman–Crippen MR) is 125 cm³/mol. The fraction of sp³-hybridized carbons (Fsp3) is 0.462. The fourth-order valence-corrected chi connectivity index (χ4v) is 4.42. The van der Waals surface area contributed by atoms with Crippen LogP contribution in [-0.2, 0) is 6.42 Å². The van der Waals surface area contributed by atoms with E-state index in [2.05, 4.69) is 38.7 Å². The third kappa shape index (κ3) is 5.77. The van der Waals surface area contributed by atoms with Crippen LogP contribution in [0.3, 0.4) is 0 Å². The summed E-state index contributed by atoms with van der Waals surface area (Å²) in [4.78, 5) is 19.4. The lowest BCUT2D eigenvalue weighted by Crippen LogP contribution is -2.23. The normalized spacial score (nSPS) is 17.5. The van der Waals surface area contributed by atoms with Gasteiger partial charge in [-0.3, -0.25) is 0 Å². The van der Waals surface area contributed by atoms with Gasteiger partial charge >= 0.3 is 0 Å². The quantitative estimate of drug-likeness (QED) is 0.359. The van der Waals surface area contributed by atoms with Gasteiger partial charge in [-0.1, -0.05) is 20.3 Å². The van der Waals surface area contributed by atoms with Crippen LogP contribution in [0.1, 0.15) is 68.1 Å². The summed E-state index contributed by atoms with van der Waals surface area (Å²) in [6, 6.07) is 4.78. The molecule has 3 aromatic rings. The summed E-state index contributed by atoms with van der Waals surface area (Å²) in [5, 5.41) is 0. The third-order valence-corrected chi connectivity index (χ3v) is 6.54. The molecular weight excluding hydrogens is 420 g/mol. The Labute approximate surface area is 194 Å². The smallest absolute Gasteiger partial charge is 0.197 e. The highest BCUT2D eigenvalue weighted by molar-refractivity contribution is 5.43. The number of benzene rings is 1. The molecule has 174 valence electrons. The molecule has 5 nitrogen and oxygen atoms in total. The van der Waals surface area contributed by atoms with E-state index in [0.717, 1.165) is 56.4 Å². The Morgan fingerprint density at radius 3 is 2.06 bits per heavy atom. The molecular formula is C26H31F2N5. The van der Waals surface area contributed by atoms with Gasteiger partial charge in [-0.2, -0.15) is 0 Å². The Hall–Kier alpha value is -2.80. The zero-order chi connectivity index (χ0) is 23.2. The van der Waals surface area contributed by atoms with Crippen molar-refractivity contribution in [2.75, 3.05) is 19.6 Å². The van der Waals surface area contributed by atoms with Crippen LogP contribution < -0.4 is 0 Å². The molecule has 33 heavy (non-hydrogen) atoms. The van der Waals surface area contributed by atoms with E-state index in [1.54, 1.807) is 30.9 Å². The lowest BCUT2D eigenvalue weighted by atomic mass is 10.00. The second-order valence-electron chi connectivity index (χ2n) is 8.66. The number of rotatable bonds is 11. The maximum Gasteiger partial charge on any atom is 0.197 e. The van der Waals surface area contributed by atoms with Gasteiger partial charge in [0.1, 0.15) is 11.6 Å². The molecule has 4 rings (SSSR count). The number of hydrogen-bond donors (Lipinski definition) is 0. The highest BCUT2D eigenvalue weighted by Gasteiger charge is 2.40. The summed E-state index contributed by atoms with van der Waals surface area (Å²) in [7, 11) is 0. The van der Waals surface area contributed by atoms with E-state index in [1.807, 2.05) is 0 Å². The van der Waals surface area contributed by atoms with Crippen LogP contribution in [0, 0.1) is 11.6 Å². The van der Waals surface area contributed by atoms with Crippen molar-refractivity contribution in [3.8, 4) is 11.6 Å². The molecule has 1 aliphatic carbocycles. The van der Waals surface area contributed by atoms with Crippen molar-refractivity contribution in [3.05, 3.63) is 71.3 Å². The summed E-state index contributed by atoms with van der Waals surface area (Å²) in [5.41, 5.74) is 1.91. The predicted octanol–water partition coefficient (Wildman–Crippen LogP) is 5.54. The van der Waals surface area contributed by atoms with E-state index in [0.29, 0.717) is 18.1 Å². The molecule has 2 unspecified atom stereocenters. The van der Waals surface area contributed by atoms with E-state index in [4.69, 9.17) is 0 Å². The van der Waals surface area contributed by atoms with Crippen LogP contribution in [0.4, 0.5) is 8.78 Å². The van der Waals surface area contributed by atoms with E-state index in [1.165, 1.54) is 12.1 Å². The average Bonchev–Trinajstić information content (AvgIpc) is 3.64. The van der Waals surface area contributed by atoms with Gasteiger partial charge in [-0.05, 0) is 86.5 Å². The Morgan fingerprint density at radius 2 is 1.42 bits per heavy atom. The molecule has 0 amide bonds. The summed E-state index contributed by atoms with van der Waals surface area (Å²) >= 11 is 0. The second kappa shape index (κ2) is 10.9. The first-order valence-electron chi connectivity index (χ1n) is 11.9. The van der Waals surface area contributed by atoms with Crippen molar-refractivity contribution in [2.45, 2.75) is 57.8 Å². The van der Waals surface area contributed by atoms with Crippen LogP contribution in [-0.4, -0.2) is 44.5 Å². The summed E-state index contributed by atoms with van der Waals surface area (Å²) < 4.78 is 29.5. The highest BCUT2D eigenvalue weighted by Crippen LogP contribution is 2.54. The summed E-state index contributed by atoms with van der Waals surface area (Å²) in [6.07, 6.45) is 11.0. The molecule has 0 spiro atoms. The fourth-order valence-electron chi connectivity index (χ4n) is 4.42. The molecule has 0 aliphatic heterocycles. The van der Waals surface area contributed by atoms with E-state index in [9.17, 15) is 8.78 Å². The molecule has 1 fully saturated rings. The molecule has 1 aliphatic rings. The number of unbranched alkanes of at least 4 members (excludes halogenated alkanes) is 2. The Balaban J connectivity index is 1.33. The van der Waals surface area contributed by atoms with Gasteiger partial charge in [0.05, 0.1) is 0 Å². The van der Waals surface area contributed by atoms with Gasteiger partial charge in [0.2, 0.25) is 0 Å². The monoisotopic (exact) mass is 451 g/mol. The number of nitrogens with zero attached hydrogens (tertiary/aromatic N) is 5. The summed E-state index contributed by atoms with van der Waals surface area (Å²) in [6.45, 7) is 7.44. The number of hydrogen-bond acceptors (Lipinski definition) is 5. The highest BCUT2D eigenvalue weighted by atomic mass is 19.1. The molecule has 0 radical (unpaired) electrons. The molecule has 1 aromatic carbocycles. The Bertz CT molecular complexity index is 1020. The molecule has 0 bridgehead atoms. The molecule has 0 saturated heterocycles. The number of halogens is 2. The minimum atomic E-state index is -0.424. The van der Waals surface area contributed by atoms with Crippen molar-refractivity contribution in [2.24, 2.45) is 0 Å². The molecule has 7 heteroatoms. The van der Waals surface area contributed by atoms with Crippen LogP contribution >= 0.6 is 0 Å².